The van der Waals surface area contributed by atoms with E-state index in [1.165, 1.54) is 18.2 Å². The third-order valence-corrected chi connectivity index (χ3v) is 6.88. The Balaban J connectivity index is 1.71. The number of alkyl halides is 8. The topological polar surface area (TPSA) is 91.0 Å². The van der Waals surface area contributed by atoms with Gasteiger partial charge in [-0.1, -0.05) is 17.7 Å². The van der Waals surface area contributed by atoms with Gasteiger partial charge in [0.05, 0.1) is 16.8 Å². The maximum atomic E-state index is 13.9. The highest BCUT2D eigenvalue weighted by Gasteiger charge is 2.62. The molecule has 3 aromatic rings. The fourth-order valence-electron chi connectivity index (χ4n) is 3.24. The summed E-state index contributed by atoms with van der Waals surface area (Å²) in [6, 6.07) is 4.34. The standard InChI is InChI=1S/C20H14Cl2F7N5O3S/c1-33-17(14(18(23,24)25)16(32-33)37-38(36)20(28,29)19(22,26)27)34-8-10(7-30-34)9-2-5-13(21)12(6-9)15(35)31-11-3-4-11/h2,5-8,11H,3-4H2,1H3,(H,31,35). The van der Waals surface area contributed by atoms with Crippen molar-refractivity contribution in [3.05, 3.63) is 46.7 Å². The summed E-state index contributed by atoms with van der Waals surface area (Å²) in [5, 5.41) is -0.923. The van der Waals surface area contributed by atoms with Crippen LogP contribution in [0.1, 0.15) is 28.8 Å². The summed E-state index contributed by atoms with van der Waals surface area (Å²) in [4.78, 5) is 12.4. The number of nitrogens with one attached hydrogen (secondary N) is 1. The minimum atomic E-state index is -5.55. The van der Waals surface area contributed by atoms with Gasteiger partial charge in [-0.25, -0.2) is 13.6 Å². The Morgan fingerprint density at radius 1 is 1.16 bits per heavy atom. The first kappa shape index (κ1) is 28.2. The van der Waals surface area contributed by atoms with Crippen LogP contribution in [0.4, 0.5) is 30.7 Å². The number of nitrogens with zero attached hydrogens (tertiary/aromatic N) is 4. The highest BCUT2D eigenvalue weighted by atomic mass is 35.5. The summed E-state index contributed by atoms with van der Waals surface area (Å²) in [7, 11) is 0.957. The molecule has 0 spiro atoms. The molecule has 2 aromatic heterocycles. The van der Waals surface area contributed by atoms with Crippen molar-refractivity contribution in [3.63, 3.8) is 0 Å². The van der Waals surface area contributed by atoms with E-state index in [-0.39, 0.29) is 22.2 Å². The number of halogens is 9. The number of carbonyl (C=O) groups is 1. The lowest BCUT2D eigenvalue weighted by Gasteiger charge is -2.19. The number of hydrogen-bond donors (Lipinski definition) is 1. The van der Waals surface area contributed by atoms with Gasteiger partial charge in [-0.05, 0) is 42.1 Å². The van der Waals surface area contributed by atoms with Gasteiger partial charge in [0.1, 0.15) is 0 Å². The van der Waals surface area contributed by atoms with Crippen LogP contribution in [0.5, 0.6) is 5.88 Å². The zero-order valence-corrected chi connectivity index (χ0v) is 21.0. The normalized spacial score (nSPS) is 15.4. The fraction of sp³-hybridized carbons (Fsp3) is 0.350. The molecule has 4 rings (SSSR count). The van der Waals surface area contributed by atoms with E-state index < -0.39 is 51.1 Å². The maximum absolute atomic E-state index is 13.9. The Bertz CT molecular complexity index is 1420. The molecule has 18 heteroatoms. The molecule has 8 nitrogen and oxygen atoms in total. The summed E-state index contributed by atoms with van der Waals surface area (Å²) >= 11 is 5.99. The first-order valence-electron chi connectivity index (χ1n) is 10.4. The average Bonchev–Trinajstić information content (AvgIpc) is 3.35. The van der Waals surface area contributed by atoms with Gasteiger partial charge in [-0.2, -0.15) is 35.8 Å². The molecule has 0 saturated heterocycles. The van der Waals surface area contributed by atoms with E-state index >= 15 is 0 Å². The van der Waals surface area contributed by atoms with E-state index in [4.69, 9.17) is 11.6 Å². The van der Waals surface area contributed by atoms with E-state index in [2.05, 4.69) is 31.3 Å². The van der Waals surface area contributed by atoms with Crippen molar-refractivity contribution >= 4 is 40.2 Å². The predicted molar refractivity (Wildman–Crippen MR) is 121 cm³/mol. The molecule has 1 amide bonds. The summed E-state index contributed by atoms with van der Waals surface area (Å²) in [5.41, 5.74) is -1.14. The first-order valence-corrected chi connectivity index (χ1v) is 12.2. The molecular formula is C20H14Cl2F7N5O3S. The van der Waals surface area contributed by atoms with Gasteiger partial charge >= 0.3 is 16.8 Å². The Kier molecular flexibility index (Phi) is 7.20. The molecule has 38 heavy (non-hydrogen) atoms. The molecule has 1 N–H and O–H groups in total. The fourth-order valence-corrected chi connectivity index (χ4v) is 4.18. The first-order chi connectivity index (χ1) is 17.5. The lowest BCUT2D eigenvalue weighted by Crippen LogP contribution is -2.41. The van der Waals surface area contributed by atoms with Crippen LogP contribution in [-0.2, 0) is 24.3 Å². The lowest BCUT2D eigenvalue weighted by atomic mass is 10.1. The number of hydrogen-bond acceptors (Lipinski definition) is 5. The van der Waals surface area contributed by atoms with Crippen LogP contribution >= 0.6 is 23.2 Å². The summed E-state index contributed by atoms with van der Waals surface area (Å²) in [6.07, 6.45) is -1.46. The van der Waals surface area contributed by atoms with E-state index in [0.29, 0.717) is 14.9 Å². The van der Waals surface area contributed by atoms with Crippen molar-refractivity contribution < 1.29 is 43.9 Å². The quantitative estimate of drug-likeness (QED) is 0.277. The van der Waals surface area contributed by atoms with Crippen LogP contribution in [0.25, 0.3) is 16.9 Å². The van der Waals surface area contributed by atoms with Crippen LogP contribution < -0.4 is 9.50 Å². The zero-order valence-electron chi connectivity index (χ0n) is 18.7. The Labute approximate surface area is 221 Å². The molecule has 1 unspecified atom stereocenters. The molecule has 206 valence electrons. The average molecular weight is 608 g/mol. The summed E-state index contributed by atoms with van der Waals surface area (Å²) < 4.78 is 112. The molecule has 1 saturated carbocycles. The van der Waals surface area contributed by atoms with Crippen LogP contribution in [0, 0.1) is 0 Å². The van der Waals surface area contributed by atoms with E-state index in [1.807, 2.05) is 0 Å². The molecule has 2 heterocycles. The van der Waals surface area contributed by atoms with Gasteiger partial charge in [0.2, 0.25) is 0 Å². The third kappa shape index (κ3) is 5.47. The highest BCUT2D eigenvalue weighted by Crippen LogP contribution is 2.44. The molecule has 1 aliphatic rings. The van der Waals surface area contributed by atoms with Crippen LogP contribution in [0.2, 0.25) is 5.02 Å². The van der Waals surface area contributed by atoms with Crippen molar-refractivity contribution in [2.24, 2.45) is 7.05 Å². The maximum Gasteiger partial charge on any atom is 0.432 e. The second kappa shape index (κ2) is 9.72. The second-order valence-corrected chi connectivity index (χ2v) is 10.1. The van der Waals surface area contributed by atoms with Gasteiger partial charge in [0.25, 0.3) is 22.9 Å². The van der Waals surface area contributed by atoms with Crippen LogP contribution in [0.3, 0.4) is 0 Å². The van der Waals surface area contributed by atoms with Crippen molar-refractivity contribution in [1.82, 2.24) is 24.9 Å². The molecule has 0 aliphatic heterocycles. The molecule has 1 atom stereocenters. The zero-order chi connectivity index (χ0) is 28.2. The van der Waals surface area contributed by atoms with E-state index in [9.17, 15) is 39.7 Å². The monoisotopic (exact) mass is 607 g/mol. The van der Waals surface area contributed by atoms with Crippen LogP contribution in [0.15, 0.2) is 30.6 Å². The third-order valence-electron chi connectivity index (χ3n) is 5.22. The Morgan fingerprint density at radius 2 is 1.82 bits per heavy atom. The number of rotatable bonds is 8. The number of benzene rings is 1. The number of carbonyl (C=O) groups excluding carboxylic acids is 1. The molecule has 0 bridgehead atoms. The smallest absolute Gasteiger partial charge is 0.373 e. The SMILES string of the molecule is Cn1nc(OS(=O)C(F)(F)C(F)(F)Cl)c(C(F)(F)F)c1-n1cc(-c2ccc(Cl)c(C(=O)NC3CC3)c2)cn1. The molecule has 1 fully saturated rings. The number of amides is 1. The van der Waals surface area contributed by atoms with Gasteiger partial charge < -0.3 is 9.50 Å². The molecule has 1 aromatic carbocycles. The predicted octanol–water partition coefficient (Wildman–Crippen LogP) is 5.30. The highest BCUT2D eigenvalue weighted by molar-refractivity contribution is 7.81. The summed E-state index contributed by atoms with van der Waals surface area (Å²) in [5.74, 6) is -2.99. The Hall–Kier alpha value is -2.85. The molecule has 0 radical (unpaired) electrons. The minimum Gasteiger partial charge on any atom is -0.373 e. The lowest BCUT2D eigenvalue weighted by molar-refractivity contribution is -0.138. The second-order valence-electron chi connectivity index (χ2n) is 8.07. The summed E-state index contributed by atoms with van der Waals surface area (Å²) in [6.45, 7) is 0. The van der Waals surface area contributed by atoms with Crippen molar-refractivity contribution in [2.45, 2.75) is 35.7 Å². The van der Waals surface area contributed by atoms with Gasteiger partial charge in [0.15, 0.2) is 11.4 Å². The Morgan fingerprint density at radius 3 is 2.39 bits per heavy atom. The van der Waals surface area contributed by atoms with Gasteiger partial charge in [-0.3, -0.25) is 4.79 Å². The molecular weight excluding hydrogens is 594 g/mol. The number of aromatic nitrogens is 4. The van der Waals surface area contributed by atoms with Crippen molar-refractivity contribution in [1.29, 1.82) is 0 Å². The molecule has 1 aliphatic carbocycles. The number of aryl methyl sites for hydroxylation is 1. The van der Waals surface area contributed by atoms with Crippen molar-refractivity contribution in [3.8, 4) is 22.8 Å². The van der Waals surface area contributed by atoms with Gasteiger partial charge in [0, 0.05) is 24.8 Å². The minimum absolute atomic E-state index is 0.0389. The van der Waals surface area contributed by atoms with E-state index in [1.54, 1.807) is 0 Å². The largest absolute Gasteiger partial charge is 0.432 e. The van der Waals surface area contributed by atoms with Gasteiger partial charge in [-0.15, -0.1) is 5.10 Å². The van der Waals surface area contributed by atoms with Crippen molar-refractivity contribution in [2.75, 3.05) is 0 Å². The van der Waals surface area contributed by atoms with E-state index in [0.717, 1.165) is 32.3 Å². The van der Waals surface area contributed by atoms with Crippen LogP contribution in [-0.4, -0.2) is 46.4 Å².